The van der Waals surface area contributed by atoms with Crippen molar-refractivity contribution >= 4 is 114 Å². The molecular weight excluding hydrogens is 839 g/mol. The molecule has 0 unspecified atom stereocenters. The molecule has 3 heterocycles. The summed E-state index contributed by atoms with van der Waals surface area (Å²) in [4.78, 5) is 0. The first kappa shape index (κ1) is 26.7. The third kappa shape index (κ3) is 3.51. The van der Waals surface area contributed by atoms with Gasteiger partial charge in [0.15, 0.2) is 0 Å². The summed E-state index contributed by atoms with van der Waals surface area (Å²) in [5.41, 5.74) is 0. The Balaban J connectivity index is 1.85. The standard InChI is InChI=1S/C30H30O6Te3/c1-7-31-19-20(32-8-2)26-14-13-15-17-18-16(14)28(38-26)23(35-11-5)24(36-12-6)30(18)39-29(17)22(34-10-4)21(33-9-3)27(15)37-25(13)19/h7-12H2,1-6H3. The fourth-order valence-corrected chi connectivity index (χ4v) is 17.1. The summed E-state index contributed by atoms with van der Waals surface area (Å²) in [6.45, 7) is 16.1. The second-order valence-corrected chi connectivity index (χ2v) is 17.8. The van der Waals surface area contributed by atoms with Crippen molar-refractivity contribution in [2.75, 3.05) is 39.6 Å². The zero-order valence-corrected chi connectivity index (χ0v) is 29.9. The molecular formula is C30H30O6Te3. The van der Waals surface area contributed by atoms with Gasteiger partial charge in [-0.3, -0.25) is 0 Å². The molecule has 3 aromatic heterocycles. The van der Waals surface area contributed by atoms with Crippen LogP contribution in [0.25, 0.3) is 52.7 Å². The van der Waals surface area contributed by atoms with E-state index in [1.165, 1.54) is 52.7 Å². The van der Waals surface area contributed by atoms with E-state index in [1.54, 1.807) is 0 Å². The zero-order valence-electron chi connectivity index (χ0n) is 22.9. The van der Waals surface area contributed by atoms with E-state index in [2.05, 4.69) is 41.5 Å². The van der Waals surface area contributed by atoms with Gasteiger partial charge in [0.2, 0.25) is 0 Å². The molecule has 0 fully saturated rings. The van der Waals surface area contributed by atoms with E-state index in [9.17, 15) is 0 Å². The fraction of sp³-hybridized carbons (Fsp3) is 0.400. The van der Waals surface area contributed by atoms with Crippen LogP contribution in [0.5, 0.6) is 34.5 Å². The van der Waals surface area contributed by atoms with E-state index in [0.717, 1.165) is 34.5 Å². The summed E-state index contributed by atoms with van der Waals surface area (Å²) in [5.74, 6) is 5.83. The molecule has 0 saturated heterocycles. The van der Waals surface area contributed by atoms with Crippen molar-refractivity contribution < 1.29 is 28.4 Å². The van der Waals surface area contributed by atoms with Gasteiger partial charge in [-0.15, -0.1) is 0 Å². The molecule has 39 heavy (non-hydrogen) atoms. The van der Waals surface area contributed by atoms with Crippen LogP contribution in [0.4, 0.5) is 0 Å². The SMILES string of the molecule is CCOc1c(OCC)c2[te]c3c(OCC)c(OCC)c4[te]c5c(OCC)c(OCC)c6[te]c1c1c2c3c4c5c61. The van der Waals surface area contributed by atoms with Gasteiger partial charge in [0.25, 0.3) is 0 Å². The van der Waals surface area contributed by atoms with E-state index in [-0.39, 0.29) is 0 Å². The third-order valence-electron chi connectivity index (χ3n) is 7.06. The summed E-state index contributed by atoms with van der Waals surface area (Å²) in [6.07, 6.45) is 0. The number of hydrogen-bond acceptors (Lipinski definition) is 6. The first-order chi connectivity index (χ1) is 19.1. The monoisotopic (exact) mass is 876 g/mol. The first-order valence-corrected chi connectivity index (χ1v) is 20.7. The van der Waals surface area contributed by atoms with Crippen molar-refractivity contribution in [3.63, 3.8) is 0 Å². The predicted octanol–water partition coefficient (Wildman–Crippen LogP) is 6.48. The van der Waals surface area contributed by atoms with Gasteiger partial charge in [0.05, 0.1) is 0 Å². The number of hydrogen-bond donors (Lipinski definition) is 0. The van der Waals surface area contributed by atoms with Crippen LogP contribution in [0.1, 0.15) is 41.5 Å². The van der Waals surface area contributed by atoms with Crippen LogP contribution < -0.4 is 28.4 Å². The van der Waals surface area contributed by atoms with Gasteiger partial charge in [-0.05, 0) is 0 Å². The Hall–Kier alpha value is -1.17. The summed E-state index contributed by atoms with van der Waals surface area (Å²) in [6, 6.07) is 0. The van der Waals surface area contributed by atoms with Crippen LogP contribution in [0, 0.1) is 0 Å². The molecule has 0 radical (unpaired) electrons. The van der Waals surface area contributed by atoms with E-state index >= 15 is 0 Å². The molecule has 0 aliphatic carbocycles. The van der Waals surface area contributed by atoms with Gasteiger partial charge in [0, 0.05) is 0 Å². The van der Waals surface area contributed by atoms with E-state index in [1.807, 2.05) is 0 Å². The zero-order chi connectivity index (χ0) is 27.0. The van der Waals surface area contributed by atoms with Crippen molar-refractivity contribution in [3.8, 4) is 34.5 Å². The summed E-state index contributed by atoms with van der Waals surface area (Å²) in [7, 11) is 0. The quantitative estimate of drug-likeness (QED) is 0.104. The van der Waals surface area contributed by atoms with Gasteiger partial charge in [-0.25, -0.2) is 0 Å². The maximum atomic E-state index is 6.47. The van der Waals surface area contributed by atoms with Gasteiger partial charge in [0.1, 0.15) is 0 Å². The fourth-order valence-electron chi connectivity index (χ4n) is 5.96. The Morgan fingerprint density at radius 2 is 0.462 bits per heavy atom. The Kier molecular flexibility index (Phi) is 7.04. The molecule has 0 bridgehead atoms. The van der Waals surface area contributed by atoms with Crippen LogP contribution in [0.15, 0.2) is 0 Å². The van der Waals surface area contributed by atoms with Crippen LogP contribution in [0.3, 0.4) is 0 Å². The Bertz CT molecular complexity index is 1560. The molecule has 0 amide bonds. The van der Waals surface area contributed by atoms with Crippen molar-refractivity contribution in [2.45, 2.75) is 41.5 Å². The Morgan fingerprint density at radius 3 is 0.590 bits per heavy atom. The van der Waals surface area contributed by atoms with E-state index in [4.69, 9.17) is 28.4 Å². The van der Waals surface area contributed by atoms with Gasteiger partial charge in [-0.1, -0.05) is 0 Å². The summed E-state index contributed by atoms with van der Waals surface area (Å²) < 4.78 is 47.0. The second-order valence-electron chi connectivity index (χ2n) is 9.10. The van der Waals surface area contributed by atoms with Crippen molar-refractivity contribution in [3.05, 3.63) is 0 Å². The number of rotatable bonds is 12. The van der Waals surface area contributed by atoms with Gasteiger partial charge in [-0.2, -0.15) is 0 Å². The molecule has 0 aliphatic rings. The molecule has 4 aromatic carbocycles. The van der Waals surface area contributed by atoms with Crippen LogP contribution in [-0.4, -0.2) is 101 Å². The van der Waals surface area contributed by atoms with Crippen molar-refractivity contribution in [2.24, 2.45) is 0 Å². The predicted molar refractivity (Wildman–Crippen MR) is 163 cm³/mol. The minimum atomic E-state index is -0.814. The maximum absolute atomic E-state index is 6.47. The Morgan fingerprint density at radius 1 is 0.308 bits per heavy atom. The van der Waals surface area contributed by atoms with Gasteiger partial charge >= 0.3 is 258 Å². The average Bonchev–Trinajstić information content (AvgIpc) is 3.62. The van der Waals surface area contributed by atoms with Crippen LogP contribution in [0.2, 0.25) is 0 Å². The molecule has 204 valence electrons. The molecule has 0 aliphatic heterocycles. The molecule has 7 aromatic rings. The van der Waals surface area contributed by atoms with Crippen LogP contribution in [-0.2, 0) is 0 Å². The molecule has 0 atom stereocenters. The van der Waals surface area contributed by atoms with Crippen molar-refractivity contribution in [1.82, 2.24) is 0 Å². The third-order valence-corrected chi connectivity index (χ3v) is 17.2. The first-order valence-electron chi connectivity index (χ1n) is 13.7. The van der Waals surface area contributed by atoms with Crippen LogP contribution >= 0.6 is 0 Å². The molecule has 7 rings (SSSR count). The number of benzene rings is 4. The molecule has 0 saturated carbocycles. The Labute approximate surface area is 255 Å². The average molecular weight is 869 g/mol. The second kappa shape index (κ2) is 10.3. The number of ether oxygens (including phenoxy) is 6. The molecule has 0 N–H and O–H groups in total. The van der Waals surface area contributed by atoms with Crippen molar-refractivity contribution in [1.29, 1.82) is 0 Å². The minimum absolute atomic E-state index is 0.614. The topological polar surface area (TPSA) is 55.4 Å². The summed E-state index contributed by atoms with van der Waals surface area (Å²) >= 11 is -2.44. The van der Waals surface area contributed by atoms with Gasteiger partial charge < -0.3 is 0 Å². The van der Waals surface area contributed by atoms with E-state index < -0.39 is 61.3 Å². The normalized spacial score (nSPS) is 12.5. The summed E-state index contributed by atoms with van der Waals surface area (Å²) in [5, 5.41) is 8.40. The molecule has 6 nitrogen and oxygen atoms in total. The molecule has 9 heteroatoms. The molecule has 0 spiro atoms. The van der Waals surface area contributed by atoms with E-state index in [0.29, 0.717) is 39.6 Å².